The van der Waals surface area contributed by atoms with Gasteiger partial charge in [0.1, 0.15) is 19.3 Å². The topological polar surface area (TPSA) is 237 Å². The van der Waals surface area contributed by atoms with Gasteiger partial charge in [-0.3, -0.25) is 37.3 Å². The Bertz CT molecular complexity index is 1660. The second-order valence-corrected chi connectivity index (χ2v) is 27.7. The van der Waals surface area contributed by atoms with Gasteiger partial charge in [0, 0.05) is 25.7 Å². The molecule has 6 atom stereocenters. The van der Waals surface area contributed by atoms with Gasteiger partial charge in [0.25, 0.3) is 0 Å². The predicted molar refractivity (Wildman–Crippen MR) is 331 cm³/mol. The lowest BCUT2D eigenvalue weighted by Crippen LogP contribution is -2.30. The molecule has 83 heavy (non-hydrogen) atoms. The Morgan fingerprint density at radius 2 is 0.578 bits per heavy atom. The van der Waals surface area contributed by atoms with E-state index in [1.807, 2.05) is 0 Å². The van der Waals surface area contributed by atoms with E-state index in [1.54, 1.807) is 0 Å². The van der Waals surface area contributed by atoms with Crippen molar-refractivity contribution < 1.29 is 80.2 Å². The molecule has 0 aliphatic rings. The van der Waals surface area contributed by atoms with Gasteiger partial charge in [-0.25, -0.2) is 9.13 Å². The fourth-order valence-electron chi connectivity index (χ4n) is 9.40. The SMILES string of the molecule is CCC(C)CCCCCCCCCCCCC(=O)O[C@H](COC(=O)CCCCCCCCCCC(C)C)COP(=O)(O)OC[C@@H](O)COP(=O)(O)OC[C@@H](COC(=O)CCCCCCCCC(C)C)OC(=O)CCCCCCCCC(C)C. The van der Waals surface area contributed by atoms with Gasteiger partial charge < -0.3 is 33.8 Å². The number of rotatable bonds is 61. The van der Waals surface area contributed by atoms with Gasteiger partial charge in [-0.05, 0) is 49.4 Å². The van der Waals surface area contributed by atoms with Gasteiger partial charge >= 0.3 is 39.5 Å². The first-order valence-electron chi connectivity index (χ1n) is 33.2. The van der Waals surface area contributed by atoms with E-state index in [1.165, 1.54) is 103 Å². The Labute approximate surface area is 505 Å². The maximum absolute atomic E-state index is 13.0. The molecular weight excluding hydrogens is 1100 g/mol. The molecule has 0 amide bonds. The smallest absolute Gasteiger partial charge is 0.462 e. The molecule has 0 bridgehead atoms. The van der Waals surface area contributed by atoms with E-state index < -0.39 is 97.5 Å². The van der Waals surface area contributed by atoms with Crippen LogP contribution in [0.15, 0.2) is 0 Å². The Morgan fingerprint density at radius 1 is 0.337 bits per heavy atom. The zero-order valence-electron chi connectivity index (χ0n) is 53.8. The van der Waals surface area contributed by atoms with Crippen LogP contribution < -0.4 is 0 Å². The standard InChI is InChI=1S/C64H124O17P2/c1-9-57(8)43-35-27-17-12-10-11-13-19-30-38-46-63(68)80-59(50-74-61(66)44-36-28-18-15-14-16-24-32-40-54(2)3)52-78-82(70,71)76-48-58(65)49-77-83(72,73)79-53-60(81-64(69)47-39-31-23-21-26-34-42-56(6)7)51-75-62(67)45-37-29-22-20-25-33-41-55(4)5/h54-60,65H,9-53H2,1-8H3,(H,70,71)(H,72,73)/t57?,58-,59-,60-/m1/s1. The van der Waals surface area contributed by atoms with E-state index in [0.29, 0.717) is 37.5 Å². The van der Waals surface area contributed by atoms with Crippen molar-refractivity contribution in [1.29, 1.82) is 0 Å². The number of aliphatic hydroxyl groups is 1. The van der Waals surface area contributed by atoms with Crippen LogP contribution in [0.3, 0.4) is 0 Å². The second-order valence-electron chi connectivity index (χ2n) is 24.8. The minimum atomic E-state index is -4.95. The van der Waals surface area contributed by atoms with Gasteiger partial charge in [-0.2, -0.15) is 0 Å². The molecule has 0 saturated heterocycles. The van der Waals surface area contributed by atoms with Crippen LogP contribution in [0, 0.1) is 23.7 Å². The number of unbranched alkanes of at least 4 members (excludes halogenated alkanes) is 26. The summed E-state index contributed by atoms with van der Waals surface area (Å²) in [6.45, 7) is 13.9. The highest BCUT2D eigenvalue weighted by atomic mass is 31.2. The number of hydrogen-bond acceptors (Lipinski definition) is 15. The number of hydrogen-bond donors (Lipinski definition) is 3. The summed E-state index contributed by atoms with van der Waals surface area (Å²) in [5.41, 5.74) is 0. The van der Waals surface area contributed by atoms with Crippen molar-refractivity contribution in [1.82, 2.24) is 0 Å². The molecule has 0 spiro atoms. The third kappa shape index (κ3) is 57.6. The van der Waals surface area contributed by atoms with E-state index in [4.69, 9.17) is 37.0 Å². The first-order valence-corrected chi connectivity index (χ1v) is 36.2. The minimum absolute atomic E-state index is 0.100. The fourth-order valence-corrected chi connectivity index (χ4v) is 11.0. The van der Waals surface area contributed by atoms with Gasteiger partial charge in [-0.1, -0.05) is 254 Å². The third-order valence-corrected chi connectivity index (χ3v) is 16.8. The fraction of sp³-hybridized carbons (Fsp3) is 0.938. The van der Waals surface area contributed by atoms with Crippen LogP contribution in [0.4, 0.5) is 0 Å². The highest BCUT2D eigenvalue weighted by molar-refractivity contribution is 7.47. The molecule has 492 valence electrons. The highest BCUT2D eigenvalue weighted by Gasteiger charge is 2.30. The summed E-state index contributed by atoms with van der Waals surface area (Å²) in [6.07, 6.45) is 33.7. The van der Waals surface area contributed by atoms with Crippen molar-refractivity contribution in [2.75, 3.05) is 39.6 Å². The van der Waals surface area contributed by atoms with Gasteiger partial charge in [0.2, 0.25) is 0 Å². The normalized spacial score (nSPS) is 14.8. The number of aliphatic hydroxyl groups excluding tert-OH is 1. The van der Waals surface area contributed by atoms with Crippen molar-refractivity contribution in [3.8, 4) is 0 Å². The maximum Gasteiger partial charge on any atom is 0.472 e. The summed E-state index contributed by atoms with van der Waals surface area (Å²) < 4.78 is 67.9. The van der Waals surface area contributed by atoms with Gasteiger partial charge in [0.05, 0.1) is 26.4 Å². The Hall–Kier alpha value is -1.94. The lowest BCUT2D eigenvalue weighted by molar-refractivity contribution is -0.161. The number of phosphoric acid groups is 2. The van der Waals surface area contributed by atoms with Crippen molar-refractivity contribution in [2.45, 2.75) is 324 Å². The van der Waals surface area contributed by atoms with Crippen LogP contribution in [-0.4, -0.2) is 96.7 Å². The summed E-state index contributed by atoms with van der Waals surface area (Å²) in [4.78, 5) is 72.2. The van der Waals surface area contributed by atoms with Crippen LogP contribution >= 0.6 is 15.6 Å². The first kappa shape index (κ1) is 81.1. The Balaban J connectivity index is 5.25. The summed E-state index contributed by atoms with van der Waals surface area (Å²) >= 11 is 0. The monoisotopic (exact) mass is 1230 g/mol. The molecule has 0 radical (unpaired) electrons. The molecule has 0 aromatic heterocycles. The highest BCUT2D eigenvalue weighted by Crippen LogP contribution is 2.45. The third-order valence-electron chi connectivity index (χ3n) is 14.9. The molecule has 19 heteroatoms. The van der Waals surface area contributed by atoms with Gasteiger partial charge in [0.15, 0.2) is 12.2 Å². The lowest BCUT2D eigenvalue weighted by atomic mass is 9.99. The molecule has 3 unspecified atom stereocenters. The number of esters is 4. The van der Waals surface area contributed by atoms with E-state index >= 15 is 0 Å². The van der Waals surface area contributed by atoms with E-state index in [2.05, 4.69) is 55.4 Å². The van der Waals surface area contributed by atoms with E-state index in [-0.39, 0.29) is 25.7 Å². The Morgan fingerprint density at radius 3 is 0.855 bits per heavy atom. The van der Waals surface area contributed by atoms with Crippen LogP contribution in [-0.2, 0) is 65.4 Å². The zero-order valence-corrected chi connectivity index (χ0v) is 55.6. The summed E-state index contributed by atoms with van der Waals surface area (Å²) in [6, 6.07) is 0. The summed E-state index contributed by atoms with van der Waals surface area (Å²) in [5, 5.41) is 10.5. The minimum Gasteiger partial charge on any atom is -0.462 e. The molecule has 0 aromatic rings. The van der Waals surface area contributed by atoms with Crippen LogP contribution in [0.5, 0.6) is 0 Å². The average molecular weight is 1230 g/mol. The second kappa shape index (κ2) is 54.2. The van der Waals surface area contributed by atoms with E-state index in [0.717, 1.165) is 108 Å². The molecule has 0 aromatic carbocycles. The molecule has 0 aliphatic heterocycles. The molecule has 0 aliphatic carbocycles. The molecular formula is C64H124O17P2. The van der Waals surface area contributed by atoms with E-state index in [9.17, 15) is 43.2 Å². The summed E-state index contributed by atoms with van der Waals surface area (Å²) in [7, 11) is -9.89. The summed E-state index contributed by atoms with van der Waals surface area (Å²) in [5.74, 6) is 0.734. The molecule has 17 nitrogen and oxygen atoms in total. The lowest BCUT2D eigenvalue weighted by Gasteiger charge is -2.21. The molecule has 0 saturated carbocycles. The average Bonchev–Trinajstić information content (AvgIpc) is 3.45. The first-order chi connectivity index (χ1) is 39.6. The zero-order chi connectivity index (χ0) is 61.8. The van der Waals surface area contributed by atoms with Gasteiger partial charge in [-0.15, -0.1) is 0 Å². The molecule has 0 fully saturated rings. The van der Waals surface area contributed by atoms with Crippen molar-refractivity contribution in [3.63, 3.8) is 0 Å². The quantitative estimate of drug-likeness (QED) is 0.0222. The molecule has 0 rings (SSSR count). The predicted octanol–water partition coefficient (Wildman–Crippen LogP) is 17.4. The number of ether oxygens (including phenoxy) is 4. The van der Waals surface area contributed by atoms with Crippen molar-refractivity contribution in [3.05, 3.63) is 0 Å². The Kier molecular flexibility index (Phi) is 53.0. The van der Waals surface area contributed by atoms with Crippen LogP contribution in [0.1, 0.15) is 306 Å². The molecule has 0 heterocycles. The van der Waals surface area contributed by atoms with Crippen molar-refractivity contribution in [2.24, 2.45) is 23.7 Å². The van der Waals surface area contributed by atoms with Crippen molar-refractivity contribution >= 4 is 39.5 Å². The van der Waals surface area contributed by atoms with Crippen LogP contribution in [0.25, 0.3) is 0 Å². The molecule has 3 N–H and O–H groups in total. The number of carbonyl (C=O) groups excluding carboxylic acids is 4. The number of phosphoric ester groups is 2. The van der Waals surface area contributed by atoms with Crippen LogP contribution in [0.2, 0.25) is 0 Å². The maximum atomic E-state index is 13.0. The number of carbonyl (C=O) groups is 4. The largest absolute Gasteiger partial charge is 0.472 e.